The van der Waals surface area contributed by atoms with E-state index in [1.54, 1.807) is 0 Å². The van der Waals surface area contributed by atoms with Crippen LogP contribution in [0.3, 0.4) is 0 Å². The number of nitrogens with one attached hydrogen (secondary N) is 2. The van der Waals surface area contributed by atoms with Gasteiger partial charge in [0.15, 0.2) is 6.10 Å². The predicted octanol–water partition coefficient (Wildman–Crippen LogP) is 0.818. The average Bonchev–Trinajstić information content (AvgIpc) is 3.01. The Morgan fingerprint density at radius 1 is 0.962 bits per heavy atom. The van der Waals surface area contributed by atoms with Gasteiger partial charge in [-0.1, -0.05) is 0 Å². The molecule has 7 heteroatoms. The fourth-order valence-electron chi connectivity index (χ4n) is 4.27. The van der Waals surface area contributed by atoms with Crippen LogP contribution in [-0.2, 0) is 19.1 Å². The number of rotatable bonds is 5. The highest BCUT2D eigenvalue weighted by Crippen LogP contribution is 2.20. The second-order valence-corrected chi connectivity index (χ2v) is 7.95. The van der Waals surface area contributed by atoms with Crippen molar-refractivity contribution in [1.82, 2.24) is 15.5 Å². The van der Waals surface area contributed by atoms with Gasteiger partial charge in [-0.15, -0.1) is 0 Å². The van der Waals surface area contributed by atoms with Gasteiger partial charge in [0.2, 0.25) is 5.91 Å². The van der Waals surface area contributed by atoms with Gasteiger partial charge in [-0.2, -0.15) is 0 Å². The summed E-state index contributed by atoms with van der Waals surface area (Å²) in [7, 11) is 0. The molecule has 3 rings (SSSR count). The van der Waals surface area contributed by atoms with E-state index < -0.39 is 6.10 Å². The van der Waals surface area contributed by atoms with Crippen molar-refractivity contribution in [1.29, 1.82) is 0 Å². The highest BCUT2D eigenvalue weighted by Gasteiger charge is 2.32. The molecule has 1 saturated carbocycles. The van der Waals surface area contributed by atoms with Crippen molar-refractivity contribution in [2.45, 2.75) is 82.7 Å². The Bertz CT molecular complexity index is 493. The van der Waals surface area contributed by atoms with Crippen molar-refractivity contribution in [3.63, 3.8) is 0 Å². The van der Waals surface area contributed by atoms with Crippen molar-refractivity contribution in [2.75, 3.05) is 26.3 Å². The molecule has 2 saturated heterocycles. The molecule has 7 nitrogen and oxygen atoms in total. The third-order valence-corrected chi connectivity index (χ3v) is 5.92. The van der Waals surface area contributed by atoms with Gasteiger partial charge in [-0.25, -0.2) is 0 Å². The highest BCUT2D eigenvalue weighted by molar-refractivity contribution is 5.81. The van der Waals surface area contributed by atoms with Gasteiger partial charge in [0.05, 0.1) is 25.9 Å². The summed E-state index contributed by atoms with van der Waals surface area (Å²) >= 11 is 0. The van der Waals surface area contributed by atoms with E-state index in [1.165, 1.54) is 12.8 Å². The van der Waals surface area contributed by atoms with Crippen molar-refractivity contribution >= 4 is 11.8 Å². The molecule has 0 aromatic rings. The van der Waals surface area contributed by atoms with E-state index in [1.807, 2.05) is 6.92 Å². The van der Waals surface area contributed by atoms with Gasteiger partial charge in [0.1, 0.15) is 0 Å². The lowest BCUT2D eigenvalue weighted by Gasteiger charge is -2.33. The molecule has 3 atom stereocenters. The summed E-state index contributed by atoms with van der Waals surface area (Å²) in [6.07, 6.45) is 5.25. The molecule has 1 aliphatic carbocycles. The van der Waals surface area contributed by atoms with Gasteiger partial charge < -0.3 is 20.1 Å². The third kappa shape index (κ3) is 5.18. The number of nitrogens with zero attached hydrogens (tertiary/aromatic N) is 1. The molecule has 2 heterocycles. The molecule has 3 fully saturated rings. The number of amides is 2. The minimum Gasteiger partial charge on any atom is -0.373 e. The normalized spacial score (nSPS) is 35.8. The van der Waals surface area contributed by atoms with Crippen LogP contribution in [0.5, 0.6) is 0 Å². The molecule has 0 aromatic heterocycles. The Morgan fingerprint density at radius 2 is 1.62 bits per heavy atom. The number of likely N-dealkylation sites (tertiary alicyclic amines) is 1. The fourth-order valence-corrected chi connectivity index (χ4v) is 4.27. The number of hydrogen-bond donors (Lipinski definition) is 2. The predicted molar refractivity (Wildman–Crippen MR) is 97.8 cm³/mol. The number of carbonyl (C=O) groups is 2. The summed E-state index contributed by atoms with van der Waals surface area (Å²) in [5.74, 6) is 0.0560. The molecule has 3 aliphatic rings. The molecule has 0 aromatic carbocycles. The Balaban J connectivity index is 1.36. The molecule has 2 N–H and O–H groups in total. The quantitative estimate of drug-likeness (QED) is 0.752. The van der Waals surface area contributed by atoms with Crippen LogP contribution >= 0.6 is 0 Å². The molecular weight excluding hydrogens is 334 g/mol. The Hall–Kier alpha value is -1.18. The summed E-state index contributed by atoms with van der Waals surface area (Å²) < 4.78 is 11.0. The topological polar surface area (TPSA) is 79.9 Å². The molecular formula is C19H33N3O4. The van der Waals surface area contributed by atoms with Crippen LogP contribution in [0.1, 0.15) is 52.4 Å². The van der Waals surface area contributed by atoms with E-state index in [4.69, 9.17) is 9.47 Å². The van der Waals surface area contributed by atoms with Gasteiger partial charge in [0.25, 0.3) is 5.91 Å². The van der Waals surface area contributed by atoms with Crippen LogP contribution in [0.2, 0.25) is 0 Å². The molecule has 2 aliphatic heterocycles. The van der Waals surface area contributed by atoms with Crippen LogP contribution in [0.15, 0.2) is 0 Å². The zero-order chi connectivity index (χ0) is 18.5. The van der Waals surface area contributed by atoms with Crippen LogP contribution in [0.4, 0.5) is 0 Å². The highest BCUT2D eigenvalue weighted by atomic mass is 16.6. The second-order valence-electron chi connectivity index (χ2n) is 7.95. The minimum atomic E-state index is -0.511. The first kappa shape index (κ1) is 19.6. The third-order valence-electron chi connectivity index (χ3n) is 5.92. The number of carbonyl (C=O) groups excluding carboxylic acids is 2. The average molecular weight is 367 g/mol. The van der Waals surface area contributed by atoms with Gasteiger partial charge in [0, 0.05) is 18.1 Å². The minimum absolute atomic E-state index is 0.0762. The van der Waals surface area contributed by atoms with Crippen molar-refractivity contribution in [2.24, 2.45) is 0 Å². The summed E-state index contributed by atoms with van der Waals surface area (Å²) in [5, 5.41) is 6.27. The zero-order valence-corrected chi connectivity index (χ0v) is 16.0. The molecule has 26 heavy (non-hydrogen) atoms. The van der Waals surface area contributed by atoms with Crippen LogP contribution < -0.4 is 10.6 Å². The Morgan fingerprint density at radius 3 is 2.23 bits per heavy atom. The van der Waals surface area contributed by atoms with Crippen molar-refractivity contribution in [3.8, 4) is 0 Å². The van der Waals surface area contributed by atoms with Crippen LogP contribution in [0, 0.1) is 0 Å². The maximum absolute atomic E-state index is 12.4. The van der Waals surface area contributed by atoms with Crippen LogP contribution in [-0.4, -0.2) is 73.4 Å². The van der Waals surface area contributed by atoms with E-state index in [-0.39, 0.29) is 30.0 Å². The lowest BCUT2D eigenvalue weighted by molar-refractivity contribution is -0.162. The zero-order valence-electron chi connectivity index (χ0n) is 16.0. The second kappa shape index (κ2) is 9.15. The molecule has 1 unspecified atom stereocenters. The summed E-state index contributed by atoms with van der Waals surface area (Å²) in [5.41, 5.74) is 0. The van der Waals surface area contributed by atoms with E-state index >= 15 is 0 Å². The summed E-state index contributed by atoms with van der Waals surface area (Å²) in [6.45, 7) is 6.61. The monoisotopic (exact) mass is 367 g/mol. The van der Waals surface area contributed by atoms with E-state index in [0.29, 0.717) is 25.8 Å². The number of ether oxygens (including phenoxy) is 2. The standard InChI is InChI=1S/C19H33N3O4/c1-13-4-3-9-22(13)12-17(23)20-15-5-7-16(8-6-15)21-19(24)18-14(2)25-10-11-26-18/h13-16,18H,3-12H2,1-2H3,(H,20,23)(H,21,24)/t13?,14-,15?,16?,18-/m1/s1. The van der Waals surface area contributed by atoms with Crippen molar-refractivity contribution in [3.05, 3.63) is 0 Å². The first-order chi connectivity index (χ1) is 12.5. The fraction of sp³-hybridized carbons (Fsp3) is 0.895. The maximum Gasteiger partial charge on any atom is 0.252 e. The van der Waals surface area contributed by atoms with E-state index in [9.17, 15) is 9.59 Å². The van der Waals surface area contributed by atoms with E-state index in [2.05, 4.69) is 22.5 Å². The molecule has 148 valence electrons. The largest absolute Gasteiger partial charge is 0.373 e. The lowest BCUT2D eigenvalue weighted by atomic mass is 9.91. The first-order valence-corrected chi connectivity index (χ1v) is 10.1. The van der Waals surface area contributed by atoms with Gasteiger partial charge in [-0.05, 0) is 58.9 Å². The Kier molecular flexibility index (Phi) is 6.89. The Labute approximate surface area is 156 Å². The van der Waals surface area contributed by atoms with Gasteiger partial charge in [-0.3, -0.25) is 14.5 Å². The maximum atomic E-state index is 12.4. The lowest BCUT2D eigenvalue weighted by Crippen LogP contribution is -2.52. The molecule has 2 amide bonds. The number of hydrogen-bond acceptors (Lipinski definition) is 5. The van der Waals surface area contributed by atoms with Crippen molar-refractivity contribution < 1.29 is 19.1 Å². The molecule has 0 spiro atoms. The van der Waals surface area contributed by atoms with Crippen LogP contribution in [0.25, 0.3) is 0 Å². The summed E-state index contributed by atoms with van der Waals surface area (Å²) in [6, 6.07) is 0.897. The summed E-state index contributed by atoms with van der Waals surface area (Å²) in [4.78, 5) is 26.9. The molecule has 0 bridgehead atoms. The SMILES string of the molecule is CC1CCCN1CC(=O)NC1CCC(NC(=O)[C@@H]2OCCO[C@@H]2C)CC1. The van der Waals surface area contributed by atoms with E-state index in [0.717, 1.165) is 32.2 Å². The molecule has 0 radical (unpaired) electrons. The smallest absolute Gasteiger partial charge is 0.252 e. The first-order valence-electron chi connectivity index (χ1n) is 10.1. The van der Waals surface area contributed by atoms with Gasteiger partial charge >= 0.3 is 0 Å².